The number of halogens is 1. The van der Waals surface area contributed by atoms with E-state index in [4.69, 9.17) is 15.6 Å². The maximum absolute atomic E-state index is 10.9. The van der Waals surface area contributed by atoms with E-state index in [2.05, 4.69) is 15.9 Å². The van der Waals surface area contributed by atoms with E-state index in [1.807, 2.05) is 0 Å². The van der Waals surface area contributed by atoms with E-state index < -0.39 is 16.4 Å². The molecule has 0 aliphatic heterocycles. The van der Waals surface area contributed by atoms with E-state index in [0.717, 1.165) is 0 Å². The van der Waals surface area contributed by atoms with Crippen molar-refractivity contribution in [2.24, 2.45) is 5.73 Å². The average molecular weight is 361 g/mol. The van der Waals surface area contributed by atoms with E-state index in [1.165, 1.54) is 13.0 Å². The zero-order valence-electron chi connectivity index (χ0n) is 11.5. The Morgan fingerprint density at radius 2 is 2.19 bits per heavy atom. The fourth-order valence-electron chi connectivity index (χ4n) is 1.66. The van der Waals surface area contributed by atoms with Crippen molar-refractivity contribution in [2.75, 3.05) is 6.61 Å². The molecule has 21 heavy (non-hydrogen) atoms. The molecule has 1 rings (SSSR count). The Balaban J connectivity index is 2.51. The van der Waals surface area contributed by atoms with Gasteiger partial charge in [-0.2, -0.15) is 0 Å². The summed E-state index contributed by atoms with van der Waals surface area (Å²) in [5.74, 6) is -0.874. The van der Waals surface area contributed by atoms with E-state index in [1.54, 1.807) is 12.1 Å². The Morgan fingerprint density at radius 3 is 2.76 bits per heavy atom. The predicted molar refractivity (Wildman–Crippen MR) is 80.4 cm³/mol. The number of hydrogen-bond acceptors (Lipinski definition) is 5. The number of nitrogens with zero attached hydrogens (tertiary/aromatic N) is 1. The highest BCUT2D eigenvalue weighted by atomic mass is 79.9. The van der Waals surface area contributed by atoms with Gasteiger partial charge in [-0.05, 0) is 48.2 Å². The predicted octanol–water partition coefficient (Wildman–Crippen LogP) is 2.71. The van der Waals surface area contributed by atoms with Crippen molar-refractivity contribution in [3.05, 3.63) is 32.8 Å². The summed E-state index contributed by atoms with van der Waals surface area (Å²) >= 11 is 3.21. The first kappa shape index (κ1) is 17.4. The molecule has 1 aromatic rings. The third-order valence-corrected chi connectivity index (χ3v) is 3.59. The maximum Gasteiger partial charge on any atom is 0.323 e. The molecule has 0 bridgehead atoms. The molecular formula is C13H17BrN2O5. The molecule has 0 heterocycles. The highest BCUT2D eigenvalue weighted by Gasteiger charge is 2.26. The minimum absolute atomic E-state index is 0.112. The molecule has 1 unspecified atom stereocenters. The van der Waals surface area contributed by atoms with Crippen LogP contribution >= 0.6 is 15.9 Å². The molecule has 8 heteroatoms. The van der Waals surface area contributed by atoms with E-state index in [0.29, 0.717) is 23.7 Å². The van der Waals surface area contributed by atoms with Crippen LogP contribution in [-0.4, -0.2) is 28.1 Å². The number of unbranched alkanes of at least 4 members (excludes halogenated alkanes) is 1. The number of nitro groups is 1. The molecule has 0 radical (unpaired) electrons. The van der Waals surface area contributed by atoms with Crippen LogP contribution in [0.15, 0.2) is 22.7 Å². The highest BCUT2D eigenvalue weighted by Crippen LogP contribution is 2.34. The zero-order valence-corrected chi connectivity index (χ0v) is 13.1. The number of benzene rings is 1. The normalized spacial score (nSPS) is 13.5. The number of nitro benzene ring substituents is 1. The van der Waals surface area contributed by atoms with Gasteiger partial charge in [-0.15, -0.1) is 0 Å². The minimum atomic E-state index is -1.26. The van der Waals surface area contributed by atoms with Crippen LogP contribution in [-0.2, 0) is 4.79 Å². The largest absolute Gasteiger partial charge is 0.486 e. The van der Waals surface area contributed by atoms with E-state index in [9.17, 15) is 14.9 Å². The number of carbonyl (C=O) groups is 1. The number of carboxylic acids is 1. The van der Waals surface area contributed by atoms with Crippen molar-refractivity contribution in [3.8, 4) is 5.75 Å². The van der Waals surface area contributed by atoms with Crippen molar-refractivity contribution in [3.63, 3.8) is 0 Å². The third kappa shape index (κ3) is 4.98. The number of nitrogens with two attached hydrogens (primary N) is 1. The Kier molecular flexibility index (Phi) is 6.10. The van der Waals surface area contributed by atoms with Gasteiger partial charge in [-0.1, -0.05) is 6.07 Å². The summed E-state index contributed by atoms with van der Waals surface area (Å²) in [5.41, 5.74) is 4.23. The first-order chi connectivity index (χ1) is 9.75. The molecule has 0 aliphatic carbocycles. The van der Waals surface area contributed by atoms with Crippen LogP contribution in [0, 0.1) is 10.1 Å². The summed E-state index contributed by atoms with van der Waals surface area (Å²) in [6.45, 7) is 1.70. The van der Waals surface area contributed by atoms with Crippen LogP contribution in [0.4, 0.5) is 5.69 Å². The maximum atomic E-state index is 10.9. The molecule has 0 saturated carbocycles. The summed E-state index contributed by atoms with van der Waals surface area (Å²) in [4.78, 5) is 21.2. The van der Waals surface area contributed by atoms with Gasteiger partial charge in [0.15, 0.2) is 0 Å². The lowest BCUT2D eigenvalue weighted by Crippen LogP contribution is -2.44. The number of rotatable bonds is 8. The van der Waals surface area contributed by atoms with Gasteiger partial charge in [-0.25, -0.2) is 0 Å². The number of ether oxygens (including phenoxy) is 1. The van der Waals surface area contributed by atoms with Gasteiger partial charge in [0.1, 0.15) is 5.54 Å². The van der Waals surface area contributed by atoms with Gasteiger partial charge in [-0.3, -0.25) is 14.9 Å². The summed E-state index contributed by atoms with van der Waals surface area (Å²) in [6, 6.07) is 4.58. The Morgan fingerprint density at radius 1 is 1.52 bits per heavy atom. The van der Waals surface area contributed by atoms with Crippen LogP contribution in [0.1, 0.15) is 26.2 Å². The number of aliphatic carboxylic acids is 1. The first-order valence-electron chi connectivity index (χ1n) is 6.33. The van der Waals surface area contributed by atoms with Gasteiger partial charge >= 0.3 is 11.7 Å². The average Bonchev–Trinajstić information content (AvgIpc) is 2.39. The fourth-order valence-corrected chi connectivity index (χ4v) is 2.13. The molecule has 1 atom stereocenters. The molecule has 0 saturated heterocycles. The number of carboxylic acid groups (broad SMARTS) is 1. The second kappa shape index (κ2) is 7.37. The van der Waals surface area contributed by atoms with Crippen LogP contribution in [0.2, 0.25) is 0 Å². The van der Waals surface area contributed by atoms with Crippen molar-refractivity contribution < 1.29 is 19.6 Å². The topological polar surface area (TPSA) is 116 Å². The molecule has 0 aliphatic rings. The SMILES string of the molecule is CC(N)(CCCCOc1c(Br)cccc1[N+](=O)[O-])C(=O)O. The smallest absolute Gasteiger partial charge is 0.323 e. The molecule has 0 fully saturated rings. The lowest BCUT2D eigenvalue weighted by molar-refractivity contribution is -0.386. The Bertz CT molecular complexity index is 533. The molecular weight excluding hydrogens is 344 g/mol. The Hall–Kier alpha value is -1.67. The van der Waals surface area contributed by atoms with Crippen molar-refractivity contribution in [1.82, 2.24) is 0 Å². The van der Waals surface area contributed by atoms with Gasteiger partial charge < -0.3 is 15.6 Å². The van der Waals surface area contributed by atoms with Gasteiger partial charge in [0.25, 0.3) is 0 Å². The van der Waals surface area contributed by atoms with Crippen LogP contribution in [0.25, 0.3) is 0 Å². The van der Waals surface area contributed by atoms with Crippen molar-refractivity contribution in [1.29, 1.82) is 0 Å². The summed E-state index contributed by atoms with van der Waals surface area (Å²) in [6.07, 6.45) is 1.42. The van der Waals surface area contributed by atoms with Gasteiger partial charge in [0.2, 0.25) is 5.75 Å². The standard InChI is InChI=1S/C13H17BrN2O5/c1-13(15,12(17)18)7-2-3-8-21-11-9(14)5-4-6-10(11)16(19)20/h4-6H,2-3,7-8,15H2,1H3,(H,17,18). The molecule has 7 nitrogen and oxygen atoms in total. The number of para-hydroxylation sites is 1. The monoisotopic (exact) mass is 360 g/mol. The molecule has 0 amide bonds. The Labute approximate surface area is 130 Å². The second-order valence-electron chi connectivity index (χ2n) is 4.87. The minimum Gasteiger partial charge on any atom is -0.486 e. The lowest BCUT2D eigenvalue weighted by Gasteiger charge is -2.18. The first-order valence-corrected chi connectivity index (χ1v) is 7.13. The van der Waals surface area contributed by atoms with Gasteiger partial charge in [0, 0.05) is 6.07 Å². The molecule has 0 spiro atoms. The third-order valence-electron chi connectivity index (χ3n) is 2.97. The van der Waals surface area contributed by atoms with Gasteiger partial charge in [0.05, 0.1) is 16.0 Å². The summed E-state index contributed by atoms with van der Waals surface area (Å²) in [5, 5.41) is 19.8. The second-order valence-corrected chi connectivity index (χ2v) is 5.73. The number of hydrogen-bond donors (Lipinski definition) is 2. The molecule has 1 aromatic carbocycles. The van der Waals surface area contributed by atoms with Crippen LogP contribution in [0.3, 0.4) is 0 Å². The summed E-state index contributed by atoms with van der Waals surface area (Å²) < 4.78 is 5.93. The highest BCUT2D eigenvalue weighted by molar-refractivity contribution is 9.10. The summed E-state index contributed by atoms with van der Waals surface area (Å²) in [7, 11) is 0. The lowest BCUT2D eigenvalue weighted by atomic mass is 9.97. The quantitative estimate of drug-likeness (QED) is 0.418. The fraction of sp³-hybridized carbons (Fsp3) is 0.462. The molecule has 116 valence electrons. The molecule has 0 aromatic heterocycles. The van der Waals surface area contributed by atoms with Crippen molar-refractivity contribution >= 4 is 27.6 Å². The van der Waals surface area contributed by atoms with Crippen molar-refractivity contribution in [2.45, 2.75) is 31.7 Å². The van der Waals surface area contributed by atoms with Crippen LogP contribution < -0.4 is 10.5 Å². The van der Waals surface area contributed by atoms with Crippen LogP contribution in [0.5, 0.6) is 5.75 Å². The van der Waals surface area contributed by atoms with E-state index >= 15 is 0 Å². The zero-order chi connectivity index (χ0) is 16.0. The molecule has 3 N–H and O–H groups in total. The van der Waals surface area contributed by atoms with E-state index in [-0.39, 0.29) is 18.0 Å².